The molecule has 0 aliphatic rings. The summed E-state index contributed by atoms with van der Waals surface area (Å²) in [5.74, 6) is 1.63. The van der Waals surface area contributed by atoms with Crippen LogP contribution in [-0.4, -0.2) is 13.2 Å². The highest BCUT2D eigenvalue weighted by atomic mass is 79.9. The summed E-state index contributed by atoms with van der Waals surface area (Å²) in [5, 5.41) is 3.50. The van der Waals surface area contributed by atoms with Crippen LogP contribution in [0, 0.1) is 5.92 Å². The zero-order valence-corrected chi connectivity index (χ0v) is 12.7. The van der Waals surface area contributed by atoms with Gasteiger partial charge in [-0.15, -0.1) is 0 Å². The maximum atomic E-state index is 5.28. The van der Waals surface area contributed by atoms with E-state index < -0.39 is 0 Å². The van der Waals surface area contributed by atoms with Crippen molar-refractivity contribution < 1.29 is 4.74 Å². The van der Waals surface area contributed by atoms with Crippen molar-refractivity contribution in [2.75, 3.05) is 12.4 Å². The zero-order valence-electron chi connectivity index (χ0n) is 11.1. The zero-order chi connectivity index (χ0) is 12.8. The van der Waals surface area contributed by atoms with Gasteiger partial charge in [-0.05, 0) is 53.7 Å². The molecule has 0 saturated carbocycles. The maximum absolute atomic E-state index is 5.28. The minimum atomic E-state index is 0.489. The second kappa shape index (κ2) is 6.90. The predicted octanol–water partition coefficient (Wildman–Crippen LogP) is 4.69. The molecule has 17 heavy (non-hydrogen) atoms. The van der Waals surface area contributed by atoms with Gasteiger partial charge in [0, 0.05) is 17.8 Å². The number of methoxy groups -OCH3 is 1. The van der Waals surface area contributed by atoms with Crippen molar-refractivity contribution in [3.05, 3.63) is 22.7 Å². The first-order chi connectivity index (χ1) is 8.02. The molecule has 0 fully saturated rings. The molecular formula is C14H22BrNO. The topological polar surface area (TPSA) is 21.3 Å². The van der Waals surface area contributed by atoms with Gasteiger partial charge in [0.05, 0.1) is 11.6 Å². The maximum Gasteiger partial charge on any atom is 0.135 e. The first kappa shape index (κ1) is 14.4. The Morgan fingerprint density at radius 2 is 1.94 bits per heavy atom. The second-order valence-corrected chi connectivity index (χ2v) is 5.72. The summed E-state index contributed by atoms with van der Waals surface area (Å²) >= 11 is 3.45. The van der Waals surface area contributed by atoms with Gasteiger partial charge in [-0.1, -0.05) is 13.8 Å². The van der Waals surface area contributed by atoms with Gasteiger partial charge in [-0.3, -0.25) is 0 Å². The fourth-order valence-corrected chi connectivity index (χ4v) is 2.10. The van der Waals surface area contributed by atoms with Crippen molar-refractivity contribution in [1.82, 2.24) is 0 Å². The summed E-state index contributed by atoms with van der Waals surface area (Å²) in [6.07, 6.45) is 2.44. The monoisotopic (exact) mass is 299 g/mol. The highest BCUT2D eigenvalue weighted by Gasteiger charge is 2.06. The Hall–Kier alpha value is -0.700. The van der Waals surface area contributed by atoms with Crippen LogP contribution in [0.4, 0.5) is 5.69 Å². The Morgan fingerprint density at radius 1 is 1.24 bits per heavy atom. The van der Waals surface area contributed by atoms with E-state index in [2.05, 4.69) is 48.1 Å². The van der Waals surface area contributed by atoms with E-state index in [1.165, 1.54) is 12.8 Å². The molecule has 0 saturated heterocycles. The standard InChI is InChI=1S/C14H22BrNO/c1-10(2)5-6-11(3)16-12-7-8-13(15)14(9-12)17-4/h7-11,16H,5-6H2,1-4H3. The third kappa shape index (κ3) is 4.99. The molecule has 2 nitrogen and oxygen atoms in total. The van der Waals surface area contributed by atoms with Crippen molar-refractivity contribution >= 4 is 21.6 Å². The first-order valence-electron chi connectivity index (χ1n) is 6.13. The van der Waals surface area contributed by atoms with Gasteiger partial charge in [0.2, 0.25) is 0 Å². The molecule has 1 atom stereocenters. The lowest BCUT2D eigenvalue weighted by molar-refractivity contribution is 0.412. The van der Waals surface area contributed by atoms with Gasteiger partial charge in [0.25, 0.3) is 0 Å². The minimum absolute atomic E-state index is 0.489. The Bertz CT molecular complexity index is 352. The van der Waals surface area contributed by atoms with Crippen LogP contribution < -0.4 is 10.1 Å². The van der Waals surface area contributed by atoms with E-state index in [9.17, 15) is 0 Å². The number of hydrogen-bond donors (Lipinski definition) is 1. The molecule has 0 amide bonds. The lowest BCUT2D eigenvalue weighted by atomic mass is 10.0. The highest BCUT2D eigenvalue weighted by Crippen LogP contribution is 2.28. The van der Waals surface area contributed by atoms with Crippen LogP contribution in [0.1, 0.15) is 33.6 Å². The third-order valence-corrected chi connectivity index (χ3v) is 3.40. The third-order valence-electron chi connectivity index (χ3n) is 2.74. The van der Waals surface area contributed by atoms with Crippen LogP contribution in [-0.2, 0) is 0 Å². The SMILES string of the molecule is COc1cc(NC(C)CCC(C)C)ccc1Br. The Labute approximate surface area is 113 Å². The second-order valence-electron chi connectivity index (χ2n) is 4.87. The molecule has 0 aliphatic heterocycles. The molecule has 0 aliphatic carbocycles. The molecule has 3 heteroatoms. The van der Waals surface area contributed by atoms with Crippen molar-refractivity contribution in [1.29, 1.82) is 0 Å². The summed E-state index contributed by atoms with van der Waals surface area (Å²) in [5.41, 5.74) is 1.11. The number of rotatable bonds is 6. The summed E-state index contributed by atoms with van der Waals surface area (Å²) in [7, 11) is 1.69. The number of halogens is 1. The normalized spacial score (nSPS) is 12.6. The van der Waals surface area contributed by atoms with Crippen LogP contribution in [0.5, 0.6) is 5.75 Å². The summed E-state index contributed by atoms with van der Waals surface area (Å²) in [4.78, 5) is 0. The molecule has 0 heterocycles. The van der Waals surface area contributed by atoms with Crippen molar-refractivity contribution in [2.24, 2.45) is 5.92 Å². The predicted molar refractivity (Wildman–Crippen MR) is 77.9 cm³/mol. The van der Waals surface area contributed by atoms with E-state index in [0.717, 1.165) is 21.8 Å². The molecule has 1 unspecified atom stereocenters. The van der Waals surface area contributed by atoms with Crippen LogP contribution in [0.15, 0.2) is 22.7 Å². The van der Waals surface area contributed by atoms with Crippen molar-refractivity contribution in [3.8, 4) is 5.75 Å². The van der Waals surface area contributed by atoms with Gasteiger partial charge >= 0.3 is 0 Å². The lowest BCUT2D eigenvalue weighted by Crippen LogP contribution is -2.15. The van der Waals surface area contributed by atoms with Crippen LogP contribution in [0.25, 0.3) is 0 Å². The Morgan fingerprint density at radius 3 is 2.53 bits per heavy atom. The fourth-order valence-electron chi connectivity index (χ4n) is 1.69. The number of benzene rings is 1. The average molecular weight is 300 g/mol. The molecule has 0 bridgehead atoms. The van der Waals surface area contributed by atoms with E-state index in [0.29, 0.717) is 6.04 Å². The number of anilines is 1. The van der Waals surface area contributed by atoms with E-state index in [4.69, 9.17) is 4.74 Å². The molecular weight excluding hydrogens is 278 g/mol. The summed E-state index contributed by atoms with van der Waals surface area (Å²) < 4.78 is 6.26. The highest BCUT2D eigenvalue weighted by molar-refractivity contribution is 9.10. The fraction of sp³-hybridized carbons (Fsp3) is 0.571. The van der Waals surface area contributed by atoms with Crippen molar-refractivity contribution in [3.63, 3.8) is 0 Å². The first-order valence-corrected chi connectivity index (χ1v) is 6.92. The number of ether oxygens (including phenoxy) is 1. The average Bonchev–Trinajstić information content (AvgIpc) is 2.29. The molecule has 1 aromatic carbocycles. The van der Waals surface area contributed by atoms with Gasteiger partial charge < -0.3 is 10.1 Å². The minimum Gasteiger partial charge on any atom is -0.495 e. The van der Waals surface area contributed by atoms with Crippen LogP contribution in [0.3, 0.4) is 0 Å². The molecule has 0 aromatic heterocycles. The molecule has 1 N–H and O–H groups in total. The van der Waals surface area contributed by atoms with E-state index in [-0.39, 0.29) is 0 Å². The van der Waals surface area contributed by atoms with Gasteiger partial charge in [0.15, 0.2) is 0 Å². The van der Waals surface area contributed by atoms with Gasteiger partial charge in [0.1, 0.15) is 5.75 Å². The smallest absolute Gasteiger partial charge is 0.135 e. The van der Waals surface area contributed by atoms with E-state index >= 15 is 0 Å². The van der Waals surface area contributed by atoms with Crippen LogP contribution >= 0.6 is 15.9 Å². The van der Waals surface area contributed by atoms with E-state index in [1.54, 1.807) is 7.11 Å². The molecule has 0 spiro atoms. The largest absolute Gasteiger partial charge is 0.495 e. The lowest BCUT2D eigenvalue weighted by Gasteiger charge is -2.17. The molecule has 96 valence electrons. The van der Waals surface area contributed by atoms with E-state index in [1.807, 2.05) is 12.1 Å². The summed E-state index contributed by atoms with van der Waals surface area (Å²) in [6.45, 7) is 6.74. The van der Waals surface area contributed by atoms with Gasteiger partial charge in [-0.25, -0.2) is 0 Å². The Balaban J connectivity index is 2.56. The number of hydrogen-bond acceptors (Lipinski definition) is 2. The van der Waals surface area contributed by atoms with Gasteiger partial charge in [-0.2, -0.15) is 0 Å². The van der Waals surface area contributed by atoms with Crippen molar-refractivity contribution in [2.45, 2.75) is 39.7 Å². The molecule has 1 aromatic rings. The quantitative estimate of drug-likeness (QED) is 0.822. The molecule has 1 rings (SSSR count). The Kier molecular flexibility index (Phi) is 5.83. The number of nitrogens with one attached hydrogen (secondary N) is 1. The van der Waals surface area contributed by atoms with Crippen LogP contribution in [0.2, 0.25) is 0 Å². The molecule has 0 radical (unpaired) electrons. The summed E-state index contributed by atoms with van der Waals surface area (Å²) in [6, 6.07) is 6.59.